The Kier molecular flexibility index (Phi) is 4.08. The Morgan fingerprint density at radius 2 is 1.90 bits per heavy atom. The number of carbonyl (C=O) groups is 1. The van der Waals surface area contributed by atoms with E-state index in [9.17, 15) is 14.0 Å². The molecule has 2 aromatic carbocycles. The average Bonchev–Trinajstić information content (AvgIpc) is 3.05. The molecule has 0 radical (unpaired) electrons. The fourth-order valence-electron chi connectivity index (χ4n) is 4.08. The molecule has 0 aliphatic carbocycles. The summed E-state index contributed by atoms with van der Waals surface area (Å²) in [6, 6.07) is 15.4. The van der Waals surface area contributed by atoms with E-state index in [1.54, 1.807) is 12.1 Å². The predicted molar refractivity (Wildman–Crippen MR) is 109 cm³/mol. The zero-order valence-corrected chi connectivity index (χ0v) is 15.5. The van der Waals surface area contributed by atoms with E-state index >= 15 is 0 Å². The number of benzene rings is 2. The van der Waals surface area contributed by atoms with Crippen LogP contribution in [0.4, 0.5) is 10.2 Å². The van der Waals surface area contributed by atoms with E-state index in [1.807, 2.05) is 24.3 Å². The summed E-state index contributed by atoms with van der Waals surface area (Å²) < 4.78 is 15.3. The number of amides is 1. The number of rotatable bonds is 3. The molecule has 7 heteroatoms. The highest BCUT2D eigenvalue weighted by molar-refractivity contribution is 5.97. The largest absolute Gasteiger partial charge is 0.363 e. The first-order valence-electron chi connectivity index (χ1n) is 9.51. The smallest absolute Gasteiger partial charge is 0.332 e. The van der Waals surface area contributed by atoms with Gasteiger partial charge in [0.1, 0.15) is 11.6 Å². The van der Waals surface area contributed by atoms with Crippen LogP contribution in [0.2, 0.25) is 0 Å². The lowest BCUT2D eigenvalue weighted by atomic mass is 9.85. The minimum Gasteiger partial charge on any atom is -0.363 e. The van der Waals surface area contributed by atoms with Crippen LogP contribution in [0.25, 0.3) is 11.8 Å². The molecule has 2 aliphatic rings. The van der Waals surface area contributed by atoms with Gasteiger partial charge in [-0.3, -0.25) is 14.3 Å². The lowest BCUT2D eigenvalue weighted by Gasteiger charge is -2.26. The Hall–Kier alpha value is -3.61. The van der Waals surface area contributed by atoms with Gasteiger partial charge in [0, 0.05) is 18.0 Å². The quantitative estimate of drug-likeness (QED) is 0.643. The summed E-state index contributed by atoms with van der Waals surface area (Å²) in [6.45, 7) is 0.580. The van der Waals surface area contributed by atoms with Gasteiger partial charge in [0.2, 0.25) is 0 Å². The number of imidazole rings is 1. The van der Waals surface area contributed by atoms with Crippen molar-refractivity contribution in [1.82, 2.24) is 14.9 Å². The zero-order valence-electron chi connectivity index (χ0n) is 15.5. The second kappa shape index (κ2) is 6.77. The molecule has 1 unspecified atom stereocenters. The van der Waals surface area contributed by atoms with Crippen LogP contribution < -0.4 is 16.3 Å². The molecule has 2 aliphatic heterocycles. The standard InChI is InChI=1S/C22H19FN4O2/c23-15-9-19-20(24-12-15)26-22(29)27(19)16-6-7-17-18(10-16)14(11-25-21(17)28)8-13-4-2-1-3-5-13/h1-7,9-10,14,24H,8,11-12H2,(H,25,28)(H,26,29). The highest BCUT2D eigenvalue weighted by Gasteiger charge is 2.27. The number of fused-ring (bicyclic) bond motifs is 2. The van der Waals surface area contributed by atoms with E-state index in [-0.39, 0.29) is 29.9 Å². The van der Waals surface area contributed by atoms with E-state index in [1.165, 1.54) is 16.2 Å². The fourth-order valence-corrected chi connectivity index (χ4v) is 4.08. The number of carbonyl (C=O) groups excluding carboxylic acids is 1. The molecule has 1 amide bonds. The second-order valence-corrected chi connectivity index (χ2v) is 7.34. The zero-order chi connectivity index (χ0) is 20.0. The molecule has 1 aromatic heterocycles. The molecule has 5 rings (SSSR count). The lowest BCUT2D eigenvalue weighted by molar-refractivity contribution is 0.0940. The topological polar surface area (TPSA) is 78.9 Å². The molecule has 6 nitrogen and oxygen atoms in total. The number of aromatic nitrogens is 2. The van der Waals surface area contributed by atoms with Gasteiger partial charge < -0.3 is 10.6 Å². The van der Waals surface area contributed by atoms with E-state index in [2.05, 4.69) is 27.8 Å². The molecule has 3 N–H and O–H groups in total. The van der Waals surface area contributed by atoms with Gasteiger partial charge in [0.25, 0.3) is 5.91 Å². The summed E-state index contributed by atoms with van der Waals surface area (Å²) in [5.41, 5.74) is 3.37. The number of hydrogen-bond acceptors (Lipinski definition) is 3. The molecule has 29 heavy (non-hydrogen) atoms. The van der Waals surface area contributed by atoms with Crippen molar-refractivity contribution in [1.29, 1.82) is 0 Å². The maximum Gasteiger partial charge on any atom is 0.332 e. The highest BCUT2D eigenvalue weighted by Crippen LogP contribution is 2.31. The molecule has 0 spiro atoms. The van der Waals surface area contributed by atoms with Crippen LogP contribution in [-0.2, 0) is 6.42 Å². The van der Waals surface area contributed by atoms with Crippen molar-refractivity contribution in [3.8, 4) is 5.69 Å². The summed E-state index contributed by atoms with van der Waals surface area (Å²) in [5.74, 6) is 0.116. The molecule has 0 fully saturated rings. The average molecular weight is 390 g/mol. The van der Waals surface area contributed by atoms with Crippen molar-refractivity contribution in [2.45, 2.75) is 12.3 Å². The van der Waals surface area contributed by atoms with Gasteiger partial charge in [0.15, 0.2) is 0 Å². The third kappa shape index (κ3) is 3.04. The number of aromatic amines is 1. The Morgan fingerprint density at radius 1 is 1.07 bits per heavy atom. The van der Waals surface area contributed by atoms with Crippen LogP contribution in [0.5, 0.6) is 0 Å². The van der Waals surface area contributed by atoms with Gasteiger partial charge in [-0.1, -0.05) is 30.3 Å². The monoisotopic (exact) mass is 390 g/mol. The third-order valence-corrected chi connectivity index (χ3v) is 5.47. The third-order valence-electron chi connectivity index (χ3n) is 5.47. The van der Waals surface area contributed by atoms with Crippen LogP contribution in [0.15, 0.2) is 59.2 Å². The molecule has 3 heterocycles. The van der Waals surface area contributed by atoms with Crippen LogP contribution in [0.3, 0.4) is 0 Å². The highest BCUT2D eigenvalue weighted by atomic mass is 19.1. The van der Waals surface area contributed by atoms with Crippen molar-refractivity contribution < 1.29 is 9.18 Å². The summed E-state index contributed by atoms with van der Waals surface area (Å²) in [7, 11) is 0. The van der Waals surface area contributed by atoms with Gasteiger partial charge in [-0.05, 0) is 41.8 Å². The first-order chi connectivity index (χ1) is 14.1. The predicted octanol–water partition coefficient (Wildman–Crippen LogP) is 2.97. The van der Waals surface area contributed by atoms with Crippen molar-refractivity contribution in [2.75, 3.05) is 18.4 Å². The van der Waals surface area contributed by atoms with E-state index in [0.717, 1.165) is 12.0 Å². The summed E-state index contributed by atoms with van der Waals surface area (Å²) in [6.07, 6.45) is 2.13. The van der Waals surface area contributed by atoms with E-state index < -0.39 is 0 Å². The number of halogens is 1. The lowest BCUT2D eigenvalue weighted by Crippen LogP contribution is -2.36. The van der Waals surface area contributed by atoms with Crippen molar-refractivity contribution >= 4 is 17.8 Å². The number of nitrogens with one attached hydrogen (secondary N) is 3. The van der Waals surface area contributed by atoms with Crippen LogP contribution in [0, 0.1) is 0 Å². The number of hydrogen-bond donors (Lipinski definition) is 3. The molecule has 0 bridgehead atoms. The van der Waals surface area contributed by atoms with Crippen molar-refractivity contribution in [3.05, 3.63) is 87.2 Å². The van der Waals surface area contributed by atoms with Crippen LogP contribution in [0.1, 0.15) is 33.1 Å². The maximum atomic E-state index is 13.8. The Balaban J connectivity index is 1.60. The SMILES string of the molecule is O=C1NCC(Cc2ccccc2)c2cc(-n3c4c([nH]c3=O)NCC(F)=C4)ccc21. The molecule has 1 atom stereocenters. The molecule has 146 valence electrons. The minimum absolute atomic E-state index is 0.0520. The second-order valence-electron chi connectivity index (χ2n) is 7.34. The van der Waals surface area contributed by atoms with Crippen molar-refractivity contribution in [3.63, 3.8) is 0 Å². The Bertz CT molecular complexity index is 1190. The van der Waals surface area contributed by atoms with E-state index in [0.29, 0.717) is 29.3 Å². The minimum atomic E-state index is -0.353. The molecular formula is C22H19FN4O2. The summed E-state index contributed by atoms with van der Waals surface area (Å²) >= 11 is 0. The summed E-state index contributed by atoms with van der Waals surface area (Å²) in [5, 5.41) is 5.82. The fraction of sp³-hybridized carbons (Fsp3) is 0.182. The van der Waals surface area contributed by atoms with Gasteiger partial charge in [-0.2, -0.15) is 0 Å². The Morgan fingerprint density at radius 3 is 2.72 bits per heavy atom. The van der Waals surface area contributed by atoms with Gasteiger partial charge in [-0.15, -0.1) is 0 Å². The van der Waals surface area contributed by atoms with Crippen molar-refractivity contribution in [2.24, 2.45) is 0 Å². The van der Waals surface area contributed by atoms with Gasteiger partial charge in [0.05, 0.1) is 17.9 Å². The molecule has 0 saturated carbocycles. The molecule has 3 aromatic rings. The number of H-pyrrole nitrogens is 1. The first-order valence-corrected chi connectivity index (χ1v) is 9.51. The van der Waals surface area contributed by atoms with Gasteiger partial charge in [-0.25, -0.2) is 9.18 Å². The van der Waals surface area contributed by atoms with Crippen LogP contribution in [-0.4, -0.2) is 28.5 Å². The summed E-state index contributed by atoms with van der Waals surface area (Å²) in [4.78, 5) is 27.7. The Labute approximate surface area is 166 Å². The van der Waals surface area contributed by atoms with Crippen LogP contribution >= 0.6 is 0 Å². The molecular weight excluding hydrogens is 371 g/mol. The normalized spacial score (nSPS) is 17.6. The number of anilines is 1. The maximum absolute atomic E-state index is 13.8. The number of nitrogens with zero attached hydrogens (tertiary/aromatic N) is 1. The van der Waals surface area contributed by atoms with E-state index in [4.69, 9.17) is 0 Å². The first kappa shape index (κ1) is 17.5. The van der Waals surface area contributed by atoms with Gasteiger partial charge >= 0.3 is 5.69 Å². The molecule has 0 saturated heterocycles.